The summed E-state index contributed by atoms with van der Waals surface area (Å²) in [6, 6.07) is 1.40. The van der Waals surface area contributed by atoms with Crippen LogP contribution in [0.15, 0.2) is 18.5 Å². The summed E-state index contributed by atoms with van der Waals surface area (Å²) in [5.41, 5.74) is 1.09. The van der Waals surface area contributed by atoms with E-state index < -0.39 is 29.8 Å². The molecule has 1 fully saturated rings. The van der Waals surface area contributed by atoms with Crippen molar-refractivity contribution in [2.24, 2.45) is 5.92 Å². The summed E-state index contributed by atoms with van der Waals surface area (Å²) >= 11 is 1.51. The zero-order valence-electron chi connectivity index (χ0n) is 20.7. The van der Waals surface area contributed by atoms with Crippen LogP contribution in [0.2, 0.25) is 0 Å². The molecule has 10 nitrogen and oxygen atoms in total. The van der Waals surface area contributed by atoms with Crippen LogP contribution >= 0.6 is 11.3 Å². The highest BCUT2D eigenvalue weighted by Crippen LogP contribution is 2.40. The molecule has 0 saturated heterocycles. The van der Waals surface area contributed by atoms with Crippen LogP contribution in [0.1, 0.15) is 39.8 Å². The number of anilines is 2. The van der Waals surface area contributed by atoms with Crippen molar-refractivity contribution in [3.05, 3.63) is 24.2 Å². The minimum absolute atomic E-state index is 0.131. The molecule has 1 saturated carbocycles. The normalized spacial score (nSPS) is 22.8. The number of nitrogens with zero attached hydrogens (tertiary/aromatic N) is 4. The molecule has 1 aliphatic rings. The van der Waals surface area contributed by atoms with Gasteiger partial charge in [0.15, 0.2) is 0 Å². The summed E-state index contributed by atoms with van der Waals surface area (Å²) < 4.78 is 6.59. The van der Waals surface area contributed by atoms with E-state index in [0.717, 1.165) is 20.8 Å². The molecule has 35 heavy (non-hydrogen) atoms. The number of thiazole rings is 1. The van der Waals surface area contributed by atoms with Crippen molar-refractivity contribution in [2.45, 2.75) is 71.0 Å². The summed E-state index contributed by atoms with van der Waals surface area (Å²) in [6.07, 6.45) is 1.83. The Morgan fingerprint density at radius 2 is 1.97 bits per heavy atom. The third-order valence-corrected chi connectivity index (χ3v) is 7.30. The van der Waals surface area contributed by atoms with Gasteiger partial charge in [-0.05, 0) is 47.1 Å². The Morgan fingerprint density at radius 1 is 1.20 bits per heavy atom. The van der Waals surface area contributed by atoms with E-state index in [2.05, 4.69) is 20.6 Å². The first kappa shape index (κ1) is 25.6. The third-order valence-electron chi connectivity index (χ3n) is 6.24. The van der Waals surface area contributed by atoms with Crippen molar-refractivity contribution >= 4 is 33.3 Å². The van der Waals surface area contributed by atoms with Gasteiger partial charge in [0, 0.05) is 18.7 Å². The highest BCUT2D eigenvalue weighted by atomic mass is 32.1. The molecule has 0 bridgehead atoms. The molecule has 0 aromatic carbocycles. The standard InChI is InChI=1S/C24H34N6O4S/c1-12(2)34-9-8-26-23-27-13(3)18(22-29-16-11-25-7-6-17(16)35-22)21(30-23)28-15-10-14(24(4,5)33)19(31)20(15)32/h6-7,11-12,14-15,19-20,31-33H,8-10H2,1-5H3,(H2,26,27,28,30)/t14-,15+,19+,20-/m0/s1. The molecule has 0 radical (unpaired) electrons. The first-order valence-corrected chi connectivity index (χ1v) is 12.7. The lowest BCUT2D eigenvalue weighted by Crippen LogP contribution is -2.40. The van der Waals surface area contributed by atoms with Crippen molar-refractivity contribution in [1.82, 2.24) is 19.9 Å². The molecule has 190 valence electrons. The Morgan fingerprint density at radius 3 is 2.63 bits per heavy atom. The average molecular weight is 503 g/mol. The van der Waals surface area contributed by atoms with Crippen LogP contribution in [-0.2, 0) is 4.74 Å². The number of nitrogens with one attached hydrogen (secondary N) is 2. The number of hydrogen-bond acceptors (Lipinski definition) is 11. The Bertz CT molecular complexity index is 1130. The molecule has 3 heterocycles. The Kier molecular flexibility index (Phi) is 7.53. The molecule has 0 unspecified atom stereocenters. The third kappa shape index (κ3) is 5.70. The average Bonchev–Trinajstić information content (AvgIpc) is 3.32. The SMILES string of the molecule is Cc1nc(NCCOC(C)C)nc(N[C@@H]2C[C@H](C(C)(C)O)[C@@H](O)[C@H]2O)c1-c1nc2cnccc2s1. The molecule has 0 amide bonds. The lowest BCUT2D eigenvalue weighted by atomic mass is 9.88. The molecule has 0 aliphatic heterocycles. The van der Waals surface area contributed by atoms with Crippen molar-refractivity contribution < 1.29 is 20.1 Å². The number of aromatic nitrogens is 4. The number of fused-ring (bicyclic) bond motifs is 1. The van der Waals surface area contributed by atoms with Crippen LogP contribution in [0.5, 0.6) is 0 Å². The lowest BCUT2D eigenvalue weighted by Gasteiger charge is -2.28. The predicted octanol–water partition coefficient (Wildman–Crippen LogP) is 2.59. The second-order valence-electron chi connectivity index (χ2n) is 9.79. The van der Waals surface area contributed by atoms with E-state index in [4.69, 9.17) is 14.7 Å². The topological polar surface area (TPSA) is 146 Å². The molecule has 4 rings (SSSR count). The van der Waals surface area contributed by atoms with Gasteiger partial charge in [0.1, 0.15) is 22.4 Å². The predicted molar refractivity (Wildman–Crippen MR) is 137 cm³/mol. The summed E-state index contributed by atoms with van der Waals surface area (Å²) in [6.45, 7) is 10.2. The van der Waals surface area contributed by atoms with Gasteiger partial charge in [-0.2, -0.15) is 4.98 Å². The summed E-state index contributed by atoms with van der Waals surface area (Å²) in [4.78, 5) is 18.2. The molecular weight excluding hydrogens is 468 g/mol. The number of aliphatic hydroxyl groups excluding tert-OH is 2. The fourth-order valence-corrected chi connectivity index (χ4v) is 5.44. The maximum atomic E-state index is 10.8. The fraction of sp³-hybridized carbons (Fsp3) is 0.583. The molecule has 1 aliphatic carbocycles. The second kappa shape index (κ2) is 10.3. The number of ether oxygens (including phenoxy) is 1. The van der Waals surface area contributed by atoms with Gasteiger partial charge < -0.3 is 30.7 Å². The Balaban J connectivity index is 1.68. The number of hydrogen-bond donors (Lipinski definition) is 5. The fourth-order valence-electron chi connectivity index (χ4n) is 4.41. The van der Waals surface area contributed by atoms with Crippen molar-refractivity contribution in [1.29, 1.82) is 0 Å². The number of aliphatic hydroxyl groups is 3. The molecule has 11 heteroatoms. The molecule has 4 atom stereocenters. The van der Waals surface area contributed by atoms with E-state index >= 15 is 0 Å². The van der Waals surface area contributed by atoms with Crippen molar-refractivity contribution in [3.63, 3.8) is 0 Å². The quantitative estimate of drug-likeness (QED) is 0.277. The lowest BCUT2D eigenvalue weighted by molar-refractivity contribution is -0.0601. The number of pyridine rings is 1. The van der Waals surface area contributed by atoms with Crippen LogP contribution < -0.4 is 10.6 Å². The van der Waals surface area contributed by atoms with E-state index in [1.165, 1.54) is 11.3 Å². The monoisotopic (exact) mass is 502 g/mol. The zero-order valence-corrected chi connectivity index (χ0v) is 21.5. The summed E-state index contributed by atoms with van der Waals surface area (Å²) in [5.74, 6) is 0.445. The molecule has 0 spiro atoms. The smallest absolute Gasteiger partial charge is 0.224 e. The largest absolute Gasteiger partial charge is 0.390 e. The highest BCUT2D eigenvalue weighted by molar-refractivity contribution is 7.21. The van der Waals surface area contributed by atoms with Gasteiger partial charge in [0.25, 0.3) is 0 Å². The van der Waals surface area contributed by atoms with E-state index in [0.29, 0.717) is 37.0 Å². The Hall–Kier alpha value is -2.44. The molecule has 3 aromatic heterocycles. The summed E-state index contributed by atoms with van der Waals surface area (Å²) in [7, 11) is 0. The summed E-state index contributed by atoms with van der Waals surface area (Å²) in [5, 5.41) is 39.1. The van der Waals surface area contributed by atoms with E-state index in [-0.39, 0.29) is 6.10 Å². The minimum Gasteiger partial charge on any atom is -0.390 e. The minimum atomic E-state index is -1.13. The van der Waals surface area contributed by atoms with Gasteiger partial charge in [-0.25, -0.2) is 9.97 Å². The second-order valence-corrected chi connectivity index (χ2v) is 10.8. The van der Waals surface area contributed by atoms with Crippen molar-refractivity contribution in [3.8, 4) is 10.6 Å². The van der Waals surface area contributed by atoms with Gasteiger partial charge in [-0.15, -0.1) is 11.3 Å². The van der Waals surface area contributed by atoms with Crippen molar-refractivity contribution in [2.75, 3.05) is 23.8 Å². The van der Waals surface area contributed by atoms with Crippen LogP contribution in [0.25, 0.3) is 20.8 Å². The molecule has 5 N–H and O–H groups in total. The van der Waals surface area contributed by atoms with Gasteiger partial charge >= 0.3 is 0 Å². The van der Waals surface area contributed by atoms with Crippen LogP contribution in [0.3, 0.4) is 0 Å². The molecular formula is C24H34N6O4S. The van der Waals surface area contributed by atoms with Crippen LogP contribution in [0, 0.1) is 12.8 Å². The van der Waals surface area contributed by atoms with Gasteiger partial charge in [-0.1, -0.05) is 0 Å². The maximum absolute atomic E-state index is 10.8. The molecule has 3 aromatic rings. The van der Waals surface area contributed by atoms with Crippen LogP contribution in [0.4, 0.5) is 11.8 Å². The van der Waals surface area contributed by atoms with E-state index in [1.807, 2.05) is 26.8 Å². The number of rotatable bonds is 9. The van der Waals surface area contributed by atoms with E-state index in [9.17, 15) is 15.3 Å². The van der Waals surface area contributed by atoms with Gasteiger partial charge in [-0.3, -0.25) is 4.98 Å². The Labute approximate surface area is 208 Å². The van der Waals surface area contributed by atoms with E-state index in [1.54, 1.807) is 26.2 Å². The highest BCUT2D eigenvalue weighted by Gasteiger charge is 2.47. The first-order chi connectivity index (χ1) is 16.5. The zero-order chi connectivity index (χ0) is 25.3. The van der Waals surface area contributed by atoms with Crippen LogP contribution in [-0.4, -0.2) is 78.4 Å². The maximum Gasteiger partial charge on any atom is 0.224 e. The van der Waals surface area contributed by atoms with Gasteiger partial charge in [0.05, 0.1) is 52.6 Å². The first-order valence-electron chi connectivity index (χ1n) is 11.8. The van der Waals surface area contributed by atoms with Gasteiger partial charge in [0.2, 0.25) is 5.95 Å². The number of aryl methyl sites for hydroxylation is 1.